The summed E-state index contributed by atoms with van der Waals surface area (Å²) < 4.78 is 11.3. The van der Waals surface area contributed by atoms with Crippen molar-refractivity contribution in [2.75, 3.05) is 54.5 Å². The van der Waals surface area contributed by atoms with Crippen LogP contribution in [0.25, 0.3) is 0 Å². The van der Waals surface area contributed by atoms with E-state index in [0.29, 0.717) is 51.1 Å². The molecule has 0 saturated carbocycles. The van der Waals surface area contributed by atoms with Crippen molar-refractivity contribution in [3.05, 3.63) is 55.5 Å². The number of quaternary nitrogens is 2. The molecule has 2 aromatic rings. The predicted octanol–water partition coefficient (Wildman–Crippen LogP) is 1.66. The minimum Gasteiger partial charge on any atom is -0.488 e. The number of likely N-dealkylation sites (N-methyl/N-ethyl adjacent to an activating group) is 2. The Hall–Kier alpha value is -0.960. The van der Waals surface area contributed by atoms with Crippen LogP contribution < -0.4 is 19.3 Å². The first kappa shape index (κ1) is 28.3. The lowest BCUT2D eigenvalue weighted by Crippen LogP contribution is -3.07. The molecule has 2 rings (SSSR count). The Labute approximate surface area is 215 Å². The first-order chi connectivity index (χ1) is 15.5. The molecule has 4 N–H and O–H groups in total. The molecule has 6 nitrogen and oxygen atoms in total. The van der Waals surface area contributed by atoms with E-state index in [4.69, 9.17) is 55.9 Å². The van der Waals surface area contributed by atoms with Crippen LogP contribution in [0.2, 0.25) is 20.1 Å². The van der Waals surface area contributed by atoms with Crippen molar-refractivity contribution in [2.24, 2.45) is 0 Å². The van der Waals surface area contributed by atoms with Gasteiger partial charge < -0.3 is 29.5 Å². The number of nitrogens with one attached hydrogen (secondary N) is 2. The number of halogens is 4. The molecule has 0 aliphatic heterocycles. The highest BCUT2D eigenvalue weighted by molar-refractivity contribution is 6.38. The zero-order valence-corrected chi connectivity index (χ0v) is 22.2. The lowest BCUT2D eigenvalue weighted by Gasteiger charge is -2.17. The van der Waals surface area contributed by atoms with Crippen LogP contribution in [0.15, 0.2) is 24.3 Å². The molecule has 0 unspecified atom stereocenters. The standard InChI is InChI=1S/C23H30Cl4N2O4/c1-28(2)10-16(30)12-32-22-18(24)6-14(7-19(22)25)5-15-8-20(26)23(21(27)9-15)33-13-17(31)11-29(3)4/h6-9,16-17,30-31H,5,10-13H2,1-4H3/p+2/t16-,17+. The molecule has 0 amide bonds. The number of hydrogen-bond donors (Lipinski definition) is 4. The van der Waals surface area contributed by atoms with Crippen LogP contribution in [0.5, 0.6) is 11.5 Å². The van der Waals surface area contributed by atoms with E-state index in [2.05, 4.69) is 0 Å². The number of hydrogen-bond acceptors (Lipinski definition) is 4. The second-order valence-electron chi connectivity index (χ2n) is 8.71. The number of aliphatic hydroxyl groups excluding tert-OH is 2. The van der Waals surface area contributed by atoms with Gasteiger partial charge >= 0.3 is 0 Å². The largest absolute Gasteiger partial charge is 0.488 e. The highest BCUT2D eigenvalue weighted by Crippen LogP contribution is 2.37. The third-order valence-electron chi connectivity index (χ3n) is 4.65. The maximum Gasteiger partial charge on any atom is 0.156 e. The van der Waals surface area contributed by atoms with E-state index in [1.54, 1.807) is 24.3 Å². The summed E-state index contributed by atoms with van der Waals surface area (Å²) in [5, 5.41) is 21.5. The molecule has 33 heavy (non-hydrogen) atoms. The van der Waals surface area contributed by atoms with Gasteiger partial charge in [-0.3, -0.25) is 0 Å². The second-order valence-corrected chi connectivity index (χ2v) is 10.3. The molecule has 0 saturated heterocycles. The van der Waals surface area contributed by atoms with Crippen molar-refractivity contribution in [3.63, 3.8) is 0 Å². The average molecular weight is 542 g/mol. The Balaban J connectivity index is 2.08. The summed E-state index contributed by atoms with van der Waals surface area (Å²) in [5.41, 5.74) is 1.70. The third-order valence-corrected chi connectivity index (χ3v) is 5.78. The minimum absolute atomic E-state index is 0.0984. The molecule has 2 atom stereocenters. The molecule has 10 heteroatoms. The van der Waals surface area contributed by atoms with Crippen LogP contribution >= 0.6 is 46.4 Å². The van der Waals surface area contributed by atoms with Gasteiger partial charge in [-0.15, -0.1) is 0 Å². The SMILES string of the molecule is C[NH+](C)C[C@H](O)COc1c(Cl)cc(Cc2cc(Cl)c(OC[C@H](O)C[NH+](C)C)c(Cl)c2)cc1Cl. The van der Waals surface area contributed by atoms with E-state index in [1.165, 1.54) is 0 Å². The molecule has 184 valence electrons. The highest BCUT2D eigenvalue weighted by Gasteiger charge is 2.17. The van der Waals surface area contributed by atoms with Gasteiger partial charge in [-0.2, -0.15) is 0 Å². The fourth-order valence-corrected chi connectivity index (χ4v) is 4.64. The van der Waals surface area contributed by atoms with Gasteiger partial charge in [0.2, 0.25) is 0 Å². The van der Waals surface area contributed by atoms with Crippen molar-refractivity contribution in [3.8, 4) is 11.5 Å². The van der Waals surface area contributed by atoms with Crippen LogP contribution in [0.1, 0.15) is 11.1 Å². The van der Waals surface area contributed by atoms with Crippen molar-refractivity contribution in [2.45, 2.75) is 18.6 Å². The Morgan fingerprint density at radius 2 is 0.970 bits per heavy atom. The first-order valence-electron chi connectivity index (χ1n) is 10.6. The topological polar surface area (TPSA) is 67.8 Å². The normalized spacial score (nSPS) is 13.5. The molecule has 0 spiro atoms. The third kappa shape index (κ3) is 9.30. The zero-order valence-electron chi connectivity index (χ0n) is 19.2. The Bertz CT molecular complexity index is 808. The number of ether oxygens (including phenoxy) is 2. The van der Waals surface area contributed by atoms with Gasteiger partial charge in [-0.05, 0) is 41.8 Å². The van der Waals surface area contributed by atoms with Crippen molar-refractivity contribution in [1.29, 1.82) is 0 Å². The number of aliphatic hydroxyl groups is 2. The van der Waals surface area contributed by atoms with Gasteiger partial charge in [0.1, 0.15) is 38.5 Å². The van der Waals surface area contributed by atoms with Crippen LogP contribution in [0.4, 0.5) is 0 Å². The predicted molar refractivity (Wildman–Crippen MR) is 134 cm³/mol. The zero-order chi connectivity index (χ0) is 24.7. The molecule has 0 fully saturated rings. The fraction of sp³-hybridized carbons (Fsp3) is 0.478. The highest BCUT2D eigenvalue weighted by atomic mass is 35.5. The Kier molecular flexibility index (Phi) is 11.3. The summed E-state index contributed by atoms with van der Waals surface area (Å²) in [4.78, 5) is 2.22. The second kappa shape index (κ2) is 13.2. The molecule has 0 aliphatic rings. The van der Waals surface area contributed by atoms with Crippen LogP contribution in [-0.2, 0) is 6.42 Å². The van der Waals surface area contributed by atoms with Crippen LogP contribution in [-0.4, -0.2) is 76.9 Å². The average Bonchev–Trinajstić information content (AvgIpc) is 2.65. The molecule has 2 aromatic carbocycles. The maximum atomic E-state index is 10.0. The van der Waals surface area contributed by atoms with E-state index < -0.39 is 12.2 Å². The van der Waals surface area contributed by atoms with Gasteiger partial charge in [-0.25, -0.2) is 0 Å². The first-order valence-corrected chi connectivity index (χ1v) is 12.1. The minimum atomic E-state index is -0.628. The molecular formula is C23H32Cl4N2O4+2. The summed E-state index contributed by atoms with van der Waals surface area (Å²) in [7, 11) is 7.80. The van der Waals surface area contributed by atoms with Gasteiger partial charge in [-0.1, -0.05) is 46.4 Å². The van der Waals surface area contributed by atoms with Gasteiger partial charge in [0.15, 0.2) is 11.5 Å². The Morgan fingerprint density at radius 3 is 1.24 bits per heavy atom. The summed E-state index contributed by atoms with van der Waals surface area (Å²) in [6.45, 7) is 1.29. The summed E-state index contributed by atoms with van der Waals surface area (Å²) in [6, 6.07) is 7.05. The van der Waals surface area contributed by atoms with E-state index in [9.17, 15) is 10.2 Å². The van der Waals surface area contributed by atoms with Crippen molar-refractivity contribution >= 4 is 46.4 Å². The Morgan fingerprint density at radius 1 is 0.667 bits per heavy atom. The van der Waals surface area contributed by atoms with E-state index in [1.807, 2.05) is 28.2 Å². The summed E-state index contributed by atoms with van der Waals surface area (Å²) >= 11 is 25.6. The molecule has 0 heterocycles. The van der Waals surface area contributed by atoms with Crippen LogP contribution in [0.3, 0.4) is 0 Å². The lowest BCUT2D eigenvalue weighted by atomic mass is 10.0. The van der Waals surface area contributed by atoms with Crippen molar-refractivity contribution in [1.82, 2.24) is 0 Å². The van der Waals surface area contributed by atoms with Gasteiger partial charge in [0.25, 0.3) is 0 Å². The monoisotopic (exact) mass is 540 g/mol. The van der Waals surface area contributed by atoms with E-state index >= 15 is 0 Å². The molecule has 0 aliphatic carbocycles. The summed E-state index contributed by atoms with van der Waals surface area (Å²) in [6.07, 6.45) is -0.771. The summed E-state index contributed by atoms with van der Waals surface area (Å²) in [5.74, 6) is 0.681. The van der Waals surface area contributed by atoms with Crippen LogP contribution in [0, 0.1) is 0 Å². The smallest absolute Gasteiger partial charge is 0.156 e. The molecular weight excluding hydrogens is 510 g/mol. The molecule has 0 bridgehead atoms. The fourth-order valence-electron chi connectivity index (χ4n) is 3.36. The quantitative estimate of drug-likeness (QED) is 0.330. The van der Waals surface area contributed by atoms with Gasteiger partial charge in [0, 0.05) is 0 Å². The number of benzene rings is 2. The van der Waals surface area contributed by atoms with E-state index in [0.717, 1.165) is 20.9 Å². The van der Waals surface area contributed by atoms with Crippen molar-refractivity contribution < 1.29 is 29.5 Å². The molecule has 0 radical (unpaired) electrons. The van der Waals surface area contributed by atoms with E-state index in [-0.39, 0.29) is 13.2 Å². The lowest BCUT2D eigenvalue weighted by molar-refractivity contribution is -0.861. The molecule has 0 aromatic heterocycles. The van der Waals surface area contributed by atoms with Gasteiger partial charge in [0.05, 0.1) is 48.3 Å². The maximum absolute atomic E-state index is 10.0. The number of rotatable bonds is 12.